The van der Waals surface area contributed by atoms with Gasteiger partial charge < -0.3 is 14.6 Å². The first kappa shape index (κ1) is 16.2. The van der Waals surface area contributed by atoms with Crippen LogP contribution in [0.5, 0.6) is 0 Å². The molecule has 0 aromatic carbocycles. The summed E-state index contributed by atoms with van der Waals surface area (Å²) in [5.74, 6) is 0.225. The Hall–Kier alpha value is -2.21. The van der Waals surface area contributed by atoms with Crippen molar-refractivity contribution in [3.63, 3.8) is 0 Å². The number of aromatic nitrogens is 2. The van der Waals surface area contributed by atoms with Crippen LogP contribution in [-0.2, 0) is 17.9 Å². The Balaban J connectivity index is 1.89. The maximum Gasteiger partial charge on any atom is 0.273 e. The second-order valence-electron chi connectivity index (χ2n) is 6.09. The number of aryl methyl sites for hydroxylation is 1. The molecule has 0 spiro atoms. The van der Waals surface area contributed by atoms with Crippen LogP contribution in [0.1, 0.15) is 48.3 Å². The second-order valence-corrected chi connectivity index (χ2v) is 6.09. The SMILES string of the molecule is Cc1ccnc(CNC(=O)c2cc(COC(C)(C)C)on2)c1. The minimum atomic E-state index is -0.297. The van der Waals surface area contributed by atoms with E-state index in [1.807, 2.05) is 39.8 Å². The van der Waals surface area contributed by atoms with Gasteiger partial charge in [-0.2, -0.15) is 0 Å². The summed E-state index contributed by atoms with van der Waals surface area (Å²) >= 11 is 0. The van der Waals surface area contributed by atoms with Gasteiger partial charge in [0.05, 0.1) is 17.8 Å². The third-order valence-corrected chi connectivity index (χ3v) is 2.84. The molecule has 118 valence electrons. The van der Waals surface area contributed by atoms with Crippen molar-refractivity contribution >= 4 is 5.91 Å². The summed E-state index contributed by atoms with van der Waals surface area (Å²) in [6.45, 7) is 8.46. The molecule has 2 heterocycles. The fourth-order valence-electron chi connectivity index (χ4n) is 1.73. The van der Waals surface area contributed by atoms with Gasteiger partial charge in [0.25, 0.3) is 5.91 Å². The average molecular weight is 303 g/mol. The zero-order valence-electron chi connectivity index (χ0n) is 13.3. The van der Waals surface area contributed by atoms with E-state index >= 15 is 0 Å². The van der Waals surface area contributed by atoms with E-state index in [-0.39, 0.29) is 23.8 Å². The lowest BCUT2D eigenvalue weighted by molar-refractivity contribution is -0.0241. The number of nitrogens with zero attached hydrogens (tertiary/aromatic N) is 2. The number of nitrogens with one attached hydrogen (secondary N) is 1. The predicted octanol–water partition coefficient (Wildman–Crippen LogP) is 2.62. The van der Waals surface area contributed by atoms with Crippen LogP contribution < -0.4 is 5.32 Å². The molecule has 0 aliphatic carbocycles. The normalized spacial score (nSPS) is 11.5. The third-order valence-electron chi connectivity index (χ3n) is 2.84. The van der Waals surface area contributed by atoms with Gasteiger partial charge >= 0.3 is 0 Å². The Morgan fingerprint density at radius 1 is 1.36 bits per heavy atom. The van der Waals surface area contributed by atoms with Crippen molar-refractivity contribution < 1.29 is 14.1 Å². The second kappa shape index (κ2) is 6.70. The summed E-state index contributed by atoms with van der Waals surface area (Å²) in [7, 11) is 0. The molecule has 0 radical (unpaired) electrons. The molecule has 6 nitrogen and oxygen atoms in total. The predicted molar refractivity (Wildman–Crippen MR) is 81.2 cm³/mol. The molecule has 2 rings (SSSR count). The third kappa shape index (κ3) is 4.96. The smallest absolute Gasteiger partial charge is 0.273 e. The van der Waals surface area contributed by atoms with Crippen molar-refractivity contribution in [3.8, 4) is 0 Å². The molecule has 2 aromatic rings. The summed E-state index contributed by atoms with van der Waals surface area (Å²) in [6.07, 6.45) is 1.72. The van der Waals surface area contributed by atoms with Crippen molar-refractivity contribution in [3.05, 3.63) is 47.1 Å². The molecular weight excluding hydrogens is 282 g/mol. The lowest BCUT2D eigenvalue weighted by Crippen LogP contribution is -2.23. The van der Waals surface area contributed by atoms with E-state index in [2.05, 4.69) is 15.5 Å². The average Bonchev–Trinajstić information content (AvgIpc) is 2.91. The quantitative estimate of drug-likeness (QED) is 0.918. The number of amides is 1. The number of hydrogen-bond acceptors (Lipinski definition) is 5. The minimum Gasteiger partial charge on any atom is -0.368 e. The van der Waals surface area contributed by atoms with Crippen LogP contribution in [0, 0.1) is 6.92 Å². The summed E-state index contributed by atoms with van der Waals surface area (Å²) in [4.78, 5) is 16.2. The summed E-state index contributed by atoms with van der Waals surface area (Å²) in [6, 6.07) is 5.42. The van der Waals surface area contributed by atoms with Crippen LogP contribution in [0.3, 0.4) is 0 Å². The number of rotatable bonds is 5. The molecule has 0 saturated carbocycles. The lowest BCUT2D eigenvalue weighted by atomic mass is 10.2. The fraction of sp³-hybridized carbons (Fsp3) is 0.438. The van der Waals surface area contributed by atoms with Crippen LogP contribution in [0.4, 0.5) is 0 Å². The zero-order valence-corrected chi connectivity index (χ0v) is 13.3. The molecule has 2 aromatic heterocycles. The number of carbonyl (C=O) groups is 1. The Morgan fingerprint density at radius 2 is 2.14 bits per heavy atom. The first-order chi connectivity index (χ1) is 10.3. The minimum absolute atomic E-state index is 0.236. The van der Waals surface area contributed by atoms with Gasteiger partial charge in [-0.3, -0.25) is 9.78 Å². The van der Waals surface area contributed by atoms with E-state index in [9.17, 15) is 4.79 Å². The van der Waals surface area contributed by atoms with Crippen molar-refractivity contribution in [1.82, 2.24) is 15.5 Å². The monoisotopic (exact) mass is 303 g/mol. The molecule has 0 saturated heterocycles. The van der Waals surface area contributed by atoms with E-state index < -0.39 is 0 Å². The van der Waals surface area contributed by atoms with E-state index in [4.69, 9.17) is 9.26 Å². The number of carbonyl (C=O) groups excluding carboxylic acids is 1. The van der Waals surface area contributed by atoms with Crippen LogP contribution in [-0.4, -0.2) is 21.6 Å². The van der Waals surface area contributed by atoms with Gasteiger partial charge in [-0.1, -0.05) is 5.16 Å². The van der Waals surface area contributed by atoms with Crippen molar-refractivity contribution in [2.24, 2.45) is 0 Å². The molecule has 22 heavy (non-hydrogen) atoms. The Morgan fingerprint density at radius 3 is 2.82 bits per heavy atom. The molecule has 0 fully saturated rings. The molecule has 0 aliphatic rings. The molecule has 0 aliphatic heterocycles. The highest BCUT2D eigenvalue weighted by Gasteiger charge is 2.15. The van der Waals surface area contributed by atoms with Crippen molar-refractivity contribution in [2.45, 2.75) is 46.4 Å². The molecule has 1 amide bonds. The number of ether oxygens (including phenoxy) is 1. The maximum absolute atomic E-state index is 12.0. The van der Waals surface area contributed by atoms with E-state index in [1.165, 1.54) is 0 Å². The molecule has 6 heteroatoms. The lowest BCUT2D eigenvalue weighted by Gasteiger charge is -2.17. The van der Waals surface area contributed by atoms with Crippen LogP contribution in [0.25, 0.3) is 0 Å². The Bertz CT molecular complexity index is 644. The number of pyridine rings is 1. The highest BCUT2D eigenvalue weighted by Crippen LogP contribution is 2.12. The van der Waals surface area contributed by atoms with Crippen LogP contribution >= 0.6 is 0 Å². The van der Waals surface area contributed by atoms with Gasteiger partial charge in [-0.05, 0) is 45.4 Å². The molecule has 0 atom stereocenters. The van der Waals surface area contributed by atoms with E-state index in [1.54, 1.807) is 12.3 Å². The van der Waals surface area contributed by atoms with Gasteiger partial charge in [0.1, 0.15) is 6.61 Å². The fourth-order valence-corrected chi connectivity index (χ4v) is 1.73. The molecule has 1 N–H and O–H groups in total. The molecule has 0 bridgehead atoms. The van der Waals surface area contributed by atoms with Gasteiger partial charge in [0, 0.05) is 12.3 Å². The zero-order chi connectivity index (χ0) is 16.2. The first-order valence-corrected chi connectivity index (χ1v) is 7.13. The standard InChI is InChI=1S/C16H21N3O3/c1-11-5-6-17-12(7-11)9-18-15(20)14-8-13(22-19-14)10-21-16(2,3)4/h5-8H,9-10H2,1-4H3,(H,18,20). The van der Waals surface area contributed by atoms with Crippen LogP contribution in [0.2, 0.25) is 0 Å². The topological polar surface area (TPSA) is 77.2 Å². The largest absolute Gasteiger partial charge is 0.368 e. The van der Waals surface area contributed by atoms with Crippen LogP contribution in [0.15, 0.2) is 28.9 Å². The summed E-state index contributed by atoms with van der Waals surface area (Å²) in [5.41, 5.74) is 1.86. The summed E-state index contributed by atoms with van der Waals surface area (Å²) in [5, 5.41) is 6.52. The highest BCUT2D eigenvalue weighted by molar-refractivity contribution is 5.92. The highest BCUT2D eigenvalue weighted by atomic mass is 16.5. The Kier molecular flexibility index (Phi) is 4.92. The molecule has 0 unspecified atom stereocenters. The van der Waals surface area contributed by atoms with E-state index in [0.717, 1.165) is 11.3 Å². The van der Waals surface area contributed by atoms with Gasteiger partial charge in [-0.25, -0.2) is 0 Å². The van der Waals surface area contributed by atoms with Crippen molar-refractivity contribution in [2.75, 3.05) is 0 Å². The van der Waals surface area contributed by atoms with Gasteiger partial charge in [0.2, 0.25) is 0 Å². The summed E-state index contributed by atoms with van der Waals surface area (Å²) < 4.78 is 10.7. The van der Waals surface area contributed by atoms with E-state index in [0.29, 0.717) is 12.3 Å². The van der Waals surface area contributed by atoms with Crippen molar-refractivity contribution in [1.29, 1.82) is 0 Å². The number of hydrogen-bond donors (Lipinski definition) is 1. The van der Waals surface area contributed by atoms with Gasteiger partial charge in [-0.15, -0.1) is 0 Å². The Labute approximate surface area is 129 Å². The first-order valence-electron chi connectivity index (χ1n) is 7.13. The molecular formula is C16H21N3O3. The van der Waals surface area contributed by atoms with Gasteiger partial charge in [0.15, 0.2) is 11.5 Å². The maximum atomic E-state index is 12.0.